The SMILES string of the molecule is O=C(Cc1cccnc1)N1CCC(C2c3ccc(Cl)cc3CCc3ccc[n+]([O-])c32)CC1. The molecule has 1 amide bonds. The Morgan fingerprint density at radius 1 is 1.12 bits per heavy atom. The zero-order chi connectivity index (χ0) is 22.1. The van der Waals surface area contributed by atoms with E-state index in [0.717, 1.165) is 52.3 Å². The Bertz CT molecular complexity index is 1130. The lowest BCUT2D eigenvalue weighted by Crippen LogP contribution is -2.43. The molecule has 0 bridgehead atoms. The Morgan fingerprint density at radius 3 is 2.72 bits per heavy atom. The number of piperidine rings is 1. The number of benzene rings is 1. The van der Waals surface area contributed by atoms with E-state index in [-0.39, 0.29) is 11.8 Å². The van der Waals surface area contributed by atoms with Gasteiger partial charge >= 0.3 is 0 Å². The molecule has 3 heterocycles. The largest absolute Gasteiger partial charge is 0.618 e. The van der Waals surface area contributed by atoms with Gasteiger partial charge in [0.1, 0.15) is 0 Å². The highest BCUT2D eigenvalue weighted by Crippen LogP contribution is 2.42. The average Bonchev–Trinajstić information content (AvgIpc) is 2.97. The second-order valence-electron chi connectivity index (χ2n) is 8.82. The Kier molecular flexibility index (Phi) is 5.83. The summed E-state index contributed by atoms with van der Waals surface area (Å²) in [6.45, 7) is 1.43. The van der Waals surface area contributed by atoms with Gasteiger partial charge in [0.15, 0.2) is 6.20 Å². The first-order valence-electron chi connectivity index (χ1n) is 11.3. The van der Waals surface area contributed by atoms with E-state index < -0.39 is 0 Å². The summed E-state index contributed by atoms with van der Waals surface area (Å²) < 4.78 is 1.06. The molecule has 0 spiro atoms. The number of fused-ring (bicyclic) bond motifs is 2. The number of rotatable bonds is 3. The molecule has 5 nitrogen and oxygen atoms in total. The minimum atomic E-state index is 0.0223. The average molecular weight is 448 g/mol. The molecule has 0 saturated carbocycles. The van der Waals surface area contributed by atoms with E-state index in [1.807, 2.05) is 29.2 Å². The molecule has 3 aromatic rings. The van der Waals surface area contributed by atoms with E-state index in [1.165, 1.54) is 11.1 Å². The number of likely N-dealkylation sites (tertiary alicyclic amines) is 1. The van der Waals surface area contributed by atoms with Gasteiger partial charge < -0.3 is 10.1 Å². The van der Waals surface area contributed by atoms with E-state index in [4.69, 9.17) is 11.6 Å². The summed E-state index contributed by atoms with van der Waals surface area (Å²) in [6, 6.07) is 13.8. The van der Waals surface area contributed by atoms with Gasteiger partial charge in [-0.1, -0.05) is 23.7 Å². The highest BCUT2D eigenvalue weighted by molar-refractivity contribution is 6.30. The van der Waals surface area contributed by atoms with Crippen LogP contribution in [0, 0.1) is 11.1 Å². The molecule has 1 atom stereocenters. The van der Waals surface area contributed by atoms with Crippen LogP contribution in [0.3, 0.4) is 0 Å². The molecular weight excluding hydrogens is 422 g/mol. The molecule has 6 heteroatoms. The zero-order valence-electron chi connectivity index (χ0n) is 17.9. The Labute approximate surface area is 193 Å². The number of amides is 1. The molecule has 164 valence electrons. The summed E-state index contributed by atoms with van der Waals surface area (Å²) in [5, 5.41) is 13.7. The molecular formula is C26H26ClN3O2. The standard InChI is InChI=1S/C26H26ClN3O2/c27-22-7-8-23-21(16-22)6-5-20-4-2-12-30(32)26(20)25(23)19-9-13-29(14-10-19)24(31)15-18-3-1-11-28-17-18/h1-4,7-8,11-12,16-17,19,25H,5-6,9-10,13-15H2. The monoisotopic (exact) mass is 447 g/mol. The fourth-order valence-corrected chi connectivity index (χ4v) is 5.55. The van der Waals surface area contributed by atoms with Crippen molar-refractivity contribution in [2.24, 2.45) is 5.92 Å². The summed E-state index contributed by atoms with van der Waals surface area (Å²) in [4.78, 5) is 18.9. The molecule has 1 aliphatic heterocycles. The molecule has 1 saturated heterocycles. The summed E-state index contributed by atoms with van der Waals surface area (Å²) >= 11 is 6.31. The number of aromatic nitrogens is 2. The van der Waals surface area contributed by atoms with Crippen molar-refractivity contribution in [1.29, 1.82) is 0 Å². The first-order chi connectivity index (χ1) is 15.6. The van der Waals surface area contributed by atoms with Crippen molar-refractivity contribution in [2.75, 3.05) is 13.1 Å². The van der Waals surface area contributed by atoms with Gasteiger partial charge in [-0.3, -0.25) is 9.78 Å². The molecule has 2 aliphatic rings. The van der Waals surface area contributed by atoms with Crippen LogP contribution in [0.2, 0.25) is 5.02 Å². The maximum absolute atomic E-state index is 12.9. The van der Waals surface area contributed by atoms with Crippen LogP contribution in [0.4, 0.5) is 0 Å². The maximum Gasteiger partial charge on any atom is 0.227 e. The lowest BCUT2D eigenvalue weighted by molar-refractivity contribution is -0.616. The molecule has 1 unspecified atom stereocenters. The molecule has 1 aromatic carbocycles. The fraction of sp³-hybridized carbons (Fsp3) is 0.346. The first kappa shape index (κ1) is 21.0. The van der Waals surface area contributed by atoms with Crippen molar-refractivity contribution < 1.29 is 9.52 Å². The maximum atomic E-state index is 12.9. The van der Waals surface area contributed by atoms with Crippen LogP contribution in [0.1, 0.15) is 46.7 Å². The van der Waals surface area contributed by atoms with Crippen LogP contribution in [-0.4, -0.2) is 28.9 Å². The van der Waals surface area contributed by atoms with E-state index in [2.05, 4.69) is 23.2 Å². The van der Waals surface area contributed by atoms with Gasteiger partial charge in [0.2, 0.25) is 11.6 Å². The van der Waals surface area contributed by atoms with E-state index in [0.29, 0.717) is 25.4 Å². The minimum Gasteiger partial charge on any atom is -0.618 e. The van der Waals surface area contributed by atoms with Crippen molar-refractivity contribution in [1.82, 2.24) is 9.88 Å². The van der Waals surface area contributed by atoms with Crippen LogP contribution in [-0.2, 0) is 24.1 Å². The third-order valence-electron chi connectivity index (χ3n) is 6.93. The van der Waals surface area contributed by atoms with Gasteiger partial charge in [0.05, 0.1) is 12.3 Å². The third kappa shape index (κ3) is 4.09. The van der Waals surface area contributed by atoms with Gasteiger partial charge in [0, 0.05) is 42.1 Å². The van der Waals surface area contributed by atoms with Gasteiger partial charge in [-0.05, 0) is 72.6 Å². The normalized spacial score (nSPS) is 18.5. The summed E-state index contributed by atoms with van der Waals surface area (Å²) in [5.41, 5.74) is 5.37. The highest BCUT2D eigenvalue weighted by Gasteiger charge is 2.38. The first-order valence-corrected chi connectivity index (χ1v) is 11.6. The number of halogens is 1. The van der Waals surface area contributed by atoms with Crippen molar-refractivity contribution in [3.05, 3.63) is 99.2 Å². The summed E-state index contributed by atoms with van der Waals surface area (Å²) in [5.74, 6) is 0.467. The molecule has 2 aromatic heterocycles. The number of hydrogen-bond donors (Lipinski definition) is 0. The zero-order valence-corrected chi connectivity index (χ0v) is 18.7. The van der Waals surface area contributed by atoms with Crippen LogP contribution >= 0.6 is 11.6 Å². The number of hydrogen-bond acceptors (Lipinski definition) is 3. The topological polar surface area (TPSA) is 60.1 Å². The Morgan fingerprint density at radius 2 is 1.94 bits per heavy atom. The van der Waals surface area contributed by atoms with Gasteiger partial charge in [-0.15, -0.1) is 0 Å². The van der Waals surface area contributed by atoms with Crippen LogP contribution in [0.15, 0.2) is 61.1 Å². The van der Waals surface area contributed by atoms with Crippen molar-refractivity contribution in [3.63, 3.8) is 0 Å². The number of aryl methyl sites for hydroxylation is 2. The molecule has 0 N–H and O–H groups in total. The molecule has 1 fully saturated rings. The number of carbonyl (C=O) groups excluding carboxylic acids is 1. The minimum absolute atomic E-state index is 0.0223. The third-order valence-corrected chi connectivity index (χ3v) is 7.16. The second kappa shape index (κ2) is 8.91. The fourth-order valence-electron chi connectivity index (χ4n) is 5.35. The van der Waals surface area contributed by atoms with Gasteiger partial charge in [-0.25, -0.2) is 0 Å². The van der Waals surface area contributed by atoms with Crippen LogP contribution in [0.5, 0.6) is 0 Å². The van der Waals surface area contributed by atoms with E-state index in [1.54, 1.807) is 18.6 Å². The number of carbonyl (C=O) groups is 1. The highest BCUT2D eigenvalue weighted by atomic mass is 35.5. The van der Waals surface area contributed by atoms with Gasteiger partial charge in [-0.2, -0.15) is 4.73 Å². The van der Waals surface area contributed by atoms with Gasteiger partial charge in [0.25, 0.3) is 0 Å². The molecule has 32 heavy (non-hydrogen) atoms. The van der Waals surface area contributed by atoms with Crippen LogP contribution < -0.4 is 4.73 Å². The summed E-state index contributed by atoms with van der Waals surface area (Å²) in [6.07, 6.45) is 8.93. The Balaban J connectivity index is 1.40. The van der Waals surface area contributed by atoms with Crippen molar-refractivity contribution in [3.8, 4) is 0 Å². The van der Waals surface area contributed by atoms with Crippen molar-refractivity contribution >= 4 is 17.5 Å². The van der Waals surface area contributed by atoms with Crippen LogP contribution in [0.25, 0.3) is 0 Å². The molecule has 5 rings (SSSR count). The number of nitrogens with zero attached hydrogens (tertiary/aromatic N) is 3. The Hall–Kier alpha value is -2.92. The van der Waals surface area contributed by atoms with Crippen molar-refractivity contribution in [2.45, 2.75) is 38.0 Å². The van der Waals surface area contributed by atoms with E-state index >= 15 is 0 Å². The quantitative estimate of drug-likeness (QED) is 0.449. The lowest BCUT2D eigenvalue weighted by Gasteiger charge is -2.36. The second-order valence-corrected chi connectivity index (χ2v) is 9.26. The lowest BCUT2D eigenvalue weighted by atomic mass is 9.76. The predicted molar refractivity (Wildman–Crippen MR) is 123 cm³/mol. The molecule has 1 aliphatic carbocycles. The summed E-state index contributed by atoms with van der Waals surface area (Å²) in [7, 11) is 0. The smallest absolute Gasteiger partial charge is 0.227 e. The predicted octanol–water partition coefficient (Wildman–Crippen LogP) is 4.08. The molecule has 0 radical (unpaired) electrons. The number of pyridine rings is 2. The van der Waals surface area contributed by atoms with E-state index in [9.17, 15) is 10.0 Å².